The lowest BCUT2D eigenvalue weighted by Gasteiger charge is -2.23. The summed E-state index contributed by atoms with van der Waals surface area (Å²) in [5.41, 5.74) is 0.938. The standard InChI is InChI=1S/C21H25N5O2S/c1-28-18-11-9-16(10-12-18)15-29-21-24-23-19(22-17-7-3-2-4-8-17)20(27)26(21)25-13-5-6-14-25/h5-6,9-14,17H,2-4,7-8,15H2,1H3,(H,22,23). The van der Waals surface area contributed by atoms with Crippen molar-refractivity contribution in [2.24, 2.45) is 0 Å². The van der Waals surface area contributed by atoms with Crippen LogP contribution in [0.15, 0.2) is 58.7 Å². The van der Waals surface area contributed by atoms with Gasteiger partial charge < -0.3 is 10.1 Å². The lowest BCUT2D eigenvalue weighted by atomic mass is 9.96. The Kier molecular flexibility index (Phi) is 6.19. The number of aromatic nitrogens is 4. The normalized spacial score (nSPS) is 14.7. The molecule has 0 aliphatic heterocycles. The van der Waals surface area contributed by atoms with Crippen LogP contribution >= 0.6 is 11.8 Å². The first kappa shape index (κ1) is 19.6. The average Bonchev–Trinajstić information content (AvgIpc) is 3.29. The van der Waals surface area contributed by atoms with Crippen molar-refractivity contribution < 1.29 is 4.74 Å². The van der Waals surface area contributed by atoms with Gasteiger partial charge >= 0.3 is 5.56 Å². The summed E-state index contributed by atoms with van der Waals surface area (Å²) in [4.78, 5) is 13.2. The fourth-order valence-corrected chi connectivity index (χ4v) is 4.40. The molecule has 29 heavy (non-hydrogen) atoms. The van der Waals surface area contributed by atoms with E-state index in [1.807, 2.05) is 48.8 Å². The molecule has 0 saturated heterocycles. The number of hydrogen-bond donors (Lipinski definition) is 1. The van der Waals surface area contributed by atoms with Gasteiger partial charge in [0.1, 0.15) is 5.75 Å². The van der Waals surface area contributed by atoms with Crippen molar-refractivity contribution >= 4 is 17.6 Å². The van der Waals surface area contributed by atoms with E-state index >= 15 is 0 Å². The summed E-state index contributed by atoms with van der Waals surface area (Å²) in [7, 11) is 1.65. The van der Waals surface area contributed by atoms with Crippen molar-refractivity contribution in [1.82, 2.24) is 19.5 Å². The zero-order valence-electron chi connectivity index (χ0n) is 16.5. The Bertz CT molecular complexity index is 979. The number of ether oxygens (including phenoxy) is 1. The fourth-order valence-electron chi connectivity index (χ4n) is 3.52. The molecule has 0 spiro atoms. The predicted octanol–water partition coefficient (Wildman–Crippen LogP) is 3.80. The number of hydrogen-bond acceptors (Lipinski definition) is 6. The van der Waals surface area contributed by atoms with Crippen LogP contribution in [0.2, 0.25) is 0 Å². The van der Waals surface area contributed by atoms with Crippen molar-refractivity contribution in [2.75, 3.05) is 12.4 Å². The molecule has 7 nitrogen and oxygen atoms in total. The Balaban J connectivity index is 1.58. The zero-order chi connectivity index (χ0) is 20.1. The van der Waals surface area contributed by atoms with Crippen molar-refractivity contribution in [3.63, 3.8) is 0 Å². The monoisotopic (exact) mass is 411 g/mol. The molecule has 1 fully saturated rings. The Morgan fingerprint density at radius 1 is 1.10 bits per heavy atom. The van der Waals surface area contributed by atoms with Gasteiger partial charge in [-0.15, -0.1) is 10.2 Å². The van der Waals surface area contributed by atoms with E-state index in [4.69, 9.17) is 4.74 Å². The highest BCUT2D eigenvalue weighted by Gasteiger charge is 2.19. The first-order valence-corrected chi connectivity index (χ1v) is 10.9. The summed E-state index contributed by atoms with van der Waals surface area (Å²) in [5, 5.41) is 12.5. The summed E-state index contributed by atoms with van der Waals surface area (Å²) in [5.74, 6) is 1.81. The minimum absolute atomic E-state index is 0.181. The highest BCUT2D eigenvalue weighted by atomic mass is 32.2. The summed E-state index contributed by atoms with van der Waals surface area (Å²) in [6.45, 7) is 0. The average molecular weight is 412 g/mol. The highest BCUT2D eigenvalue weighted by Crippen LogP contribution is 2.23. The van der Waals surface area contributed by atoms with Gasteiger partial charge in [-0.3, -0.25) is 9.47 Å². The Hall–Kier alpha value is -2.74. The zero-order valence-corrected chi connectivity index (χ0v) is 17.3. The lowest BCUT2D eigenvalue weighted by molar-refractivity contribution is 0.414. The third-order valence-electron chi connectivity index (χ3n) is 5.10. The van der Waals surface area contributed by atoms with Gasteiger partial charge in [0.2, 0.25) is 11.0 Å². The van der Waals surface area contributed by atoms with Crippen LogP contribution in [0, 0.1) is 0 Å². The molecule has 0 bridgehead atoms. The van der Waals surface area contributed by atoms with Crippen LogP contribution in [0.4, 0.5) is 5.82 Å². The van der Waals surface area contributed by atoms with E-state index in [1.54, 1.807) is 16.5 Å². The maximum atomic E-state index is 13.2. The Labute approximate surface area is 174 Å². The van der Waals surface area contributed by atoms with Crippen LogP contribution in [-0.2, 0) is 5.75 Å². The number of anilines is 1. The van der Waals surface area contributed by atoms with Gasteiger partial charge in [-0.05, 0) is 42.7 Å². The first-order valence-electron chi connectivity index (χ1n) is 9.90. The SMILES string of the molecule is COc1ccc(CSc2nnc(NC3CCCCC3)c(=O)n2-n2cccc2)cc1. The second-order valence-electron chi connectivity index (χ2n) is 7.13. The molecular weight excluding hydrogens is 386 g/mol. The third-order valence-corrected chi connectivity index (χ3v) is 6.09. The van der Waals surface area contributed by atoms with Crippen molar-refractivity contribution in [3.05, 3.63) is 64.7 Å². The number of nitrogens with one attached hydrogen (secondary N) is 1. The van der Waals surface area contributed by atoms with Gasteiger partial charge in [-0.1, -0.05) is 43.2 Å². The smallest absolute Gasteiger partial charge is 0.316 e. The van der Waals surface area contributed by atoms with Crippen LogP contribution in [0.5, 0.6) is 5.75 Å². The molecule has 0 radical (unpaired) electrons. The molecule has 152 valence electrons. The minimum Gasteiger partial charge on any atom is -0.497 e. The molecule has 4 rings (SSSR count). The van der Waals surface area contributed by atoms with Crippen LogP contribution in [0.25, 0.3) is 0 Å². The maximum Gasteiger partial charge on any atom is 0.316 e. The predicted molar refractivity (Wildman–Crippen MR) is 115 cm³/mol. The van der Waals surface area contributed by atoms with E-state index in [-0.39, 0.29) is 5.56 Å². The van der Waals surface area contributed by atoms with Crippen molar-refractivity contribution in [1.29, 1.82) is 0 Å². The molecule has 0 atom stereocenters. The number of benzene rings is 1. The van der Waals surface area contributed by atoms with Gasteiger partial charge in [0, 0.05) is 24.2 Å². The minimum atomic E-state index is -0.181. The van der Waals surface area contributed by atoms with Crippen molar-refractivity contribution in [3.8, 4) is 5.75 Å². The summed E-state index contributed by atoms with van der Waals surface area (Å²) in [6, 6.07) is 11.9. The molecule has 1 aromatic carbocycles. The van der Waals surface area contributed by atoms with E-state index in [1.165, 1.54) is 31.0 Å². The lowest BCUT2D eigenvalue weighted by Crippen LogP contribution is -2.34. The molecule has 0 unspecified atom stereocenters. The summed E-state index contributed by atoms with van der Waals surface area (Å²) >= 11 is 1.48. The fraction of sp³-hybridized carbons (Fsp3) is 0.381. The van der Waals surface area contributed by atoms with E-state index in [0.717, 1.165) is 24.2 Å². The molecule has 1 saturated carbocycles. The molecule has 2 heterocycles. The highest BCUT2D eigenvalue weighted by molar-refractivity contribution is 7.98. The van der Waals surface area contributed by atoms with E-state index in [0.29, 0.717) is 22.8 Å². The molecule has 1 N–H and O–H groups in total. The Morgan fingerprint density at radius 3 is 2.52 bits per heavy atom. The van der Waals surface area contributed by atoms with Crippen LogP contribution in [-0.4, -0.2) is 32.7 Å². The topological polar surface area (TPSA) is 74.0 Å². The molecule has 0 amide bonds. The van der Waals surface area contributed by atoms with E-state index in [9.17, 15) is 4.79 Å². The summed E-state index contributed by atoms with van der Waals surface area (Å²) < 4.78 is 8.53. The quantitative estimate of drug-likeness (QED) is 0.596. The largest absolute Gasteiger partial charge is 0.497 e. The third kappa shape index (κ3) is 4.64. The summed E-state index contributed by atoms with van der Waals surface area (Å²) in [6.07, 6.45) is 9.45. The van der Waals surface area contributed by atoms with Gasteiger partial charge in [0.05, 0.1) is 7.11 Å². The van der Waals surface area contributed by atoms with Gasteiger partial charge in [0.15, 0.2) is 0 Å². The van der Waals surface area contributed by atoms with Crippen LogP contribution in [0.3, 0.4) is 0 Å². The molecule has 1 aliphatic rings. The number of methoxy groups -OCH3 is 1. The second kappa shape index (κ2) is 9.17. The molecule has 1 aliphatic carbocycles. The van der Waals surface area contributed by atoms with Gasteiger partial charge in [-0.2, -0.15) is 4.68 Å². The maximum absolute atomic E-state index is 13.2. The Morgan fingerprint density at radius 2 is 1.83 bits per heavy atom. The molecule has 8 heteroatoms. The van der Waals surface area contributed by atoms with E-state index < -0.39 is 0 Å². The molecule has 3 aromatic rings. The van der Waals surface area contributed by atoms with E-state index in [2.05, 4.69) is 15.5 Å². The number of rotatable bonds is 7. The molecule has 2 aromatic heterocycles. The second-order valence-corrected chi connectivity index (χ2v) is 8.07. The van der Waals surface area contributed by atoms with Crippen LogP contribution in [0.1, 0.15) is 37.7 Å². The van der Waals surface area contributed by atoms with Gasteiger partial charge in [-0.25, -0.2) is 0 Å². The van der Waals surface area contributed by atoms with Crippen LogP contribution < -0.4 is 15.6 Å². The number of thioether (sulfide) groups is 1. The van der Waals surface area contributed by atoms with Crippen molar-refractivity contribution in [2.45, 2.75) is 49.1 Å². The number of nitrogens with zero attached hydrogens (tertiary/aromatic N) is 4. The van der Waals surface area contributed by atoms with Gasteiger partial charge in [0.25, 0.3) is 0 Å². The molecular formula is C21H25N5O2S. The first-order chi connectivity index (χ1) is 14.2.